The van der Waals surface area contributed by atoms with Gasteiger partial charge in [-0.2, -0.15) is 5.10 Å². The van der Waals surface area contributed by atoms with Gasteiger partial charge in [0, 0.05) is 41.7 Å². The summed E-state index contributed by atoms with van der Waals surface area (Å²) in [5.74, 6) is 0.127. The zero-order valence-electron chi connectivity index (χ0n) is 17.2. The molecule has 1 saturated carbocycles. The summed E-state index contributed by atoms with van der Waals surface area (Å²) < 4.78 is 21.6. The smallest absolute Gasteiger partial charge is 0.276 e. The van der Waals surface area contributed by atoms with Crippen molar-refractivity contribution in [2.24, 2.45) is 7.05 Å². The van der Waals surface area contributed by atoms with E-state index >= 15 is 0 Å². The van der Waals surface area contributed by atoms with Crippen molar-refractivity contribution in [2.75, 3.05) is 6.54 Å². The minimum Gasteiger partial charge on any atom is -0.360 e. The van der Waals surface area contributed by atoms with Gasteiger partial charge in [0.1, 0.15) is 11.9 Å². The van der Waals surface area contributed by atoms with Crippen molar-refractivity contribution in [1.82, 2.24) is 19.8 Å². The van der Waals surface area contributed by atoms with E-state index in [1.807, 2.05) is 22.8 Å². The molecule has 6 nitrogen and oxygen atoms in total. The molecule has 0 radical (unpaired) electrons. The molecule has 5 rings (SSSR count). The second-order valence-electron chi connectivity index (χ2n) is 8.37. The highest BCUT2D eigenvalue weighted by molar-refractivity contribution is 7.10. The molecule has 0 spiro atoms. The average Bonchev–Trinajstić information content (AvgIpc) is 3.48. The van der Waals surface area contributed by atoms with Gasteiger partial charge in [0.15, 0.2) is 5.69 Å². The third-order valence-corrected chi connectivity index (χ3v) is 7.54. The van der Waals surface area contributed by atoms with E-state index in [-0.39, 0.29) is 23.4 Å². The first-order chi connectivity index (χ1) is 14.5. The predicted molar refractivity (Wildman–Crippen MR) is 111 cm³/mol. The fraction of sp³-hybridized carbons (Fsp3) is 0.500. The van der Waals surface area contributed by atoms with Gasteiger partial charge in [-0.1, -0.05) is 18.0 Å². The van der Waals surface area contributed by atoms with Gasteiger partial charge in [-0.15, -0.1) is 11.3 Å². The van der Waals surface area contributed by atoms with E-state index in [1.165, 1.54) is 10.4 Å². The summed E-state index contributed by atoms with van der Waals surface area (Å²) in [6.07, 6.45) is 4.16. The van der Waals surface area contributed by atoms with Gasteiger partial charge in [0.2, 0.25) is 0 Å². The number of rotatable bonds is 3. The molecular formula is C22H25FN4O2S. The average molecular weight is 429 g/mol. The van der Waals surface area contributed by atoms with Crippen LogP contribution in [0.4, 0.5) is 4.39 Å². The van der Waals surface area contributed by atoms with Crippen LogP contribution < -0.4 is 0 Å². The molecule has 3 unspecified atom stereocenters. The topological polar surface area (TPSA) is 64.2 Å². The van der Waals surface area contributed by atoms with Gasteiger partial charge in [-0.25, -0.2) is 4.39 Å². The van der Waals surface area contributed by atoms with Crippen molar-refractivity contribution in [3.05, 3.63) is 56.9 Å². The number of alkyl halides is 1. The van der Waals surface area contributed by atoms with Crippen molar-refractivity contribution >= 4 is 17.2 Å². The lowest BCUT2D eigenvalue weighted by molar-refractivity contribution is 0.0716. The Labute approximate surface area is 178 Å². The summed E-state index contributed by atoms with van der Waals surface area (Å²) in [5, 5.41) is 10.5. The Bertz CT molecular complexity index is 1070. The van der Waals surface area contributed by atoms with Gasteiger partial charge in [-0.3, -0.25) is 9.48 Å². The van der Waals surface area contributed by atoms with E-state index in [0.29, 0.717) is 25.3 Å². The molecule has 0 bridgehead atoms. The number of nitrogens with zero attached hydrogens (tertiary/aromatic N) is 4. The van der Waals surface area contributed by atoms with E-state index in [2.05, 4.69) is 28.6 Å². The molecule has 158 valence electrons. The van der Waals surface area contributed by atoms with Crippen molar-refractivity contribution < 1.29 is 13.7 Å². The maximum absolute atomic E-state index is 14.3. The van der Waals surface area contributed by atoms with Gasteiger partial charge in [0.05, 0.1) is 18.7 Å². The summed E-state index contributed by atoms with van der Waals surface area (Å²) in [6.45, 7) is 3.17. The second kappa shape index (κ2) is 7.65. The quantitative estimate of drug-likeness (QED) is 0.613. The highest BCUT2D eigenvalue weighted by Gasteiger charge is 2.35. The van der Waals surface area contributed by atoms with Crippen LogP contribution in [0, 0.1) is 6.92 Å². The Kier molecular flexibility index (Phi) is 4.97. The number of hydrogen-bond donors (Lipinski definition) is 0. The molecule has 8 heteroatoms. The third kappa shape index (κ3) is 3.27. The summed E-state index contributed by atoms with van der Waals surface area (Å²) in [4.78, 5) is 16.3. The van der Waals surface area contributed by atoms with Gasteiger partial charge in [-0.05, 0) is 36.8 Å². The number of aromatic nitrogens is 3. The normalized spacial score (nSPS) is 24.1. The molecule has 0 aromatic carbocycles. The van der Waals surface area contributed by atoms with Crippen molar-refractivity contribution in [2.45, 2.75) is 57.2 Å². The SMILES string of the molecule is Cc1c(C2CN(C(=O)c3cc(C4CCCCC4F)on3)Cc3sccc32)cnn1C. The lowest BCUT2D eigenvalue weighted by Gasteiger charge is -2.32. The van der Waals surface area contributed by atoms with Crippen LogP contribution in [-0.4, -0.2) is 38.5 Å². The molecular weight excluding hydrogens is 403 g/mol. The van der Waals surface area contributed by atoms with Crippen LogP contribution in [-0.2, 0) is 13.6 Å². The number of carbonyl (C=O) groups excluding carboxylic acids is 1. The lowest BCUT2D eigenvalue weighted by Crippen LogP contribution is -2.38. The standard InChI is InChI=1S/C22H25FN4O2S/c1-13-16(10-24-26(13)2)17-11-27(12-21-14(17)7-8-30-21)22(28)19-9-20(29-25-19)15-5-3-4-6-18(15)23/h7-10,15,17-18H,3-6,11-12H2,1-2H3. The van der Waals surface area contributed by atoms with Crippen molar-refractivity contribution in [3.8, 4) is 0 Å². The molecule has 2 aliphatic rings. The molecule has 30 heavy (non-hydrogen) atoms. The molecule has 1 fully saturated rings. The maximum atomic E-state index is 14.3. The van der Waals surface area contributed by atoms with Crippen LogP contribution in [0.1, 0.15) is 75.5 Å². The minimum atomic E-state index is -0.920. The monoisotopic (exact) mass is 428 g/mol. The Morgan fingerprint density at radius 1 is 1.30 bits per heavy atom. The van der Waals surface area contributed by atoms with Crippen LogP contribution in [0.25, 0.3) is 0 Å². The first kappa shape index (κ1) is 19.5. The highest BCUT2D eigenvalue weighted by Crippen LogP contribution is 2.39. The van der Waals surface area contributed by atoms with Crippen LogP contribution in [0.2, 0.25) is 0 Å². The molecule has 1 aliphatic carbocycles. The zero-order chi connectivity index (χ0) is 20.8. The van der Waals surface area contributed by atoms with Crippen LogP contribution in [0.5, 0.6) is 0 Å². The summed E-state index contributed by atoms with van der Waals surface area (Å²) in [6, 6.07) is 3.80. The number of carbonyl (C=O) groups is 1. The molecule has 4 heterocycles. The first-order valence-corrected chi connectivity index (χ1v) is 11.4. The summed E-state index contributed by atoms with van der Waals surface area (Å²) in [7, 11) is 1.93. The largest absolute Gasteiger partial charge is 0.360 e. The lowest BCUT2D eigenvalue weighted by atomic mass is 9.85. The van der Waals surface area contributed by atoms with E-state index < -0.39 is 6.17 Å². The Morgan fingerprint density at radius 3 is 2.90 bits per heavy atom. The molecule has 0 saturated heterocycles. The van der Waals surface area contributed by atoms with Crippen molar-refractivity contribution in [3.63, 3.8) is 0 Å². The molecule has 1 aliphatic heterocycles. The number of hydrogen-bond acceptors (Lipinski definition) is 5. The zero-order valence-corrected chi connectivity index (χ0v) is 18.0. The van der Waals surface area contributed by atoms with E-state index in [9.17, 15) is 9.18 Å². The van der Waals surface area contributed by atoms with Gasteiger partial charge in [0.25, 0.3) is 5.91 Å². The minimum absolute atomic E-state index is 0.0811. The Balaban J connectivity index is 1.41. The summed E-state index contributed by atoms with van der Waals surface area (Å²) in [5.41, 5.74) is 3.77. The van der Waals surface area contributed by atoms with E-state index in [0.717, 1.165) is 30.5 Å². The van der Waals surface area contributed by atoms with Crippen molar-refractivity contribution in [1.29, 1.82) is 0 Å². The number of halogens is 1. The third-order valence-electron chi connectivity index (χ3n) is 6.62. The van der Waals surface area contributed by atoms with Crippen LogP contribution in [0.15, 0.2) is 28.2 Å². The number of aryl methyl sites for hydroxylation is 1. The highest BCUT2D eigenvalue weighted by atomic mass is 32.1. The molecule has 1 amide bonds. The maximum Gasteiger partial charge on any atom is 0.276 e. The second-order valence-corrected chi connectivity index (χ2v) is 9.37. The molecule has 3 aromatic heterocycles. The fourth-order valence-corrected chi connectivity index (χ4v) is 5.71. The van der Waals surface area contributed by atoms with E-state index in [1.54, 1.807) is 17.4 Å². The number of fused-ring (bicyclic) bond motifs is 1. The number of amides is 1. The van der Waals surface area contributed by atoms with Gasteiger partial charge < -0.3 is 9.42 Å². The molecule has 3 aromatic rings. The van der Waals surface area contributed by atoms with Gasteiger partial charge >= 0.3 is 0 Å². The Hall–Kier alpha value is -2.48. The van der Waals surface area contributed by atoms with Crippen LogP contribution in [0.3, 0.4) is 0 Å². The Morgan fingerprint density at radius 2 is 2.13 bits per heavy atom. The van der Waals surface area contributed by atoms with E-state index in [4.69, 9.17) is 4.52 Å². The first-order valence-electron chi connectivity index (χ1n) is 10.5. The summed E-state index contributed by atoms with van der Waals surface area (Å²) >= 11 is 1.67. The van der Waals surface area contributed by atoms with Crippen LogP contribution >= 0.6 is 11.3 Å². The number of thiophene rings is 1. The molecule has 3 atom stereocenters. The predicted octanol–water partition coefficient (Wildman–Crippen LogP) is 4.56. The fourth-order valence-electron chi connectivity index (χ4n) is 4.76. The molecule has 0 N–H and O–H groups in total.